The molecule has 0 saturated carbocycles. The molecule has 0 bridgehead atoms. The third-order valence-corrected chi connectivity index (χ3v) is 7.17. The van der Waals surface area contributed by atoms with E-state index in [2.05, 4.69) is 48.6 Å². The molecule has 2 unspecified atom stereocenters. The normalized spacial score (nSPS) is 26.7. The zero-order valence-electron chi connectivity index (χ0n) is 11.7. The summed E-state index contributed by atoms with van der Waals surface area (Å²) in [6.07, 6.45) is 15.9. The minimum Gasteiger partial charge on any atom is -0.398 e. The molecule has 0 fully saturated rings. The molecule has 3 heteroatoms. The van der Waals surface area contributed by atoms with Gasteiger partial charge in [-0.15, -0.1) is 23.5 Å². The third-order valence-electron chi connectivity index (χ3n) is 4.08. The number of anilines is 1. The Morgan fingerprint density at radius 1 is 1.10 bits per heavy atom. The minimum atomic E-state index is 0.481. The Labute approximate surface area is 134 Å². The molecule has 1 heterocycles. The molecule has 0 spiro atoms. The molecular formula is C18H17NS2. The van der Waals surface area contributed by atoms with Crippen LogP contribution in [0.15, 0.2) is 75.6 Å². The van der Waals surface area contributed by atoms with Crippen LogP contribution < -0.4 is 5.73 Å². The zero-order chi connectivity index (χ0) is 14.2. The van der Waals surface area contributed by atoms with Crippen molar-refractivity contribution in [1.29, 1.82) is 0 Å². The summed E-state index contributed by atoms with van der Waals surface area (Å²) in [6.45, 7) is 0. The van der Waals surface area contributed by atoms with Crippen LogP contribution in [0.3, 0.4) is 0 Å². The van der Waals surface area contributed by atoms with Gasteiger partial charge in [0.05, 0.1) is 5.25 Å². The lowest BCUT2D eigenvalue weighted by Gasteiger charge is -2.35. The summed E-state index contributed by atoms with van der Waals surface area (Å²) in [5, 5.41) is 0.992. The van der Waals surface area contributed by atoms with E-state index in [-0.39, 0.29) is 0 Å². The van der Waals surface area contributed by atoms with Gasteiger partial charge < -0.3 is 5.73 Å². The molecule has 2 N–H and O–H groups in total. The summed E-state index contributed by atoms with van der Waals surface area (Å²) >= 11 is 3.89. The van der Waals surface area contributed by atoms with Gasteiger partial charge in [0.1, 0.15) is 0 Å². The second kappa shape index (κ2) is 5.47. The Balaban J connectivity index is 1.72. The van der Waals surface area contributed by atoms with Crippen LogP contribution in [0.4, 0.5) is 5.69 Å². The molecule has 0 aromatic heterocycles. The summed E-state index contributed by atoms with van der Waals surface area (Å²) in [6, 6.07) is 6.26. The van der Waals surface area contributed by atoms with Crippen molar-refractivity contribution in [2.45, 2.75) is 33.1 Å². The largest absolute Gasteiger partial charge is 0.398 e. The average Bonchev–Trinajstić information content (AvgIpc) is 2.54. The maximum Gasteiger partial charge on any atom is 0.0505 e. The Kier molecular flexibility index (Phi) is 3.48. The van der Waals surface area contributed by atoms with Crippen LogP contribution >= 0.6 is 23.5 Å². The molecule has 0 radical (unpaired) electrons. The minimum absolute atomic E-state index is 0.481. The van der Waals surface area contributed by atoms with Gasteiger partial charge in [-0.1, -0.05) is 42.5 Å². The topological polar surface area (TPSA) is 26.0 Å². The molecule has 21 heavy (non-hydrogen) atoms. The molecule has 1 aliphatic heterocycles. The van der Waals surface area contributed by atoms with Gasteiger partial charge in [0.2, 0.25) is 0 Å². The lowest BCUT2D eigenvalue weighted by Crippen LogP contribution is -2.26. The van der Waals surface area contributed by atoms with E-state index >= 15 is 0 Å². The van der Waals surface area contributed by atoms with Gasteiger partial charge in [0.25, 0.3) is 0 Å². The number of rotatable bonds is 1. The first-order chi connectivity index (χ1) is 10.3. The molecule has 2 aliphatic carbocycles. The molecular weight excluding hydrogens is 294 g/mol. The van der Waals surface area contributed by atoms with Crippen LogP contribution in [0.5, 0.6) is 0 Å². The SMILES string of the molecule is Nc1cccc2c1SC1C(C3=CC=CCC3)=CC=CC1S2. The predicted molar refractivity (Wildman–Crippen MR) is 93.8 cm³/mol. The van der Waals surface area contributed by atoms with Gasteiger partial charge in [-0.25, -0.2) is 0 Å². The van der Waals surface area contributed by atoms with Crippen LogP contribution in [-0.2, 0) is 0 Å². The summed E-state index contributed by atoms with van der Waals surface area (Å²) in [7, 11) is 0. The Bertz CT molecular complexity index is 697. The van der Waals surface area contributed by atoms with E-state index in [9.17, 15) is 0 Å². The van der Waals surface area contributed by atoms with E-state index in [1.807, 2.05) is 29.6 Å². The molecule has 1 nitrogen and oxygen atoms in total. The molecule has 2 atom stereocenters. The quantitative estimate of drug-likeness (QED) is 0.741. The number of nitrogen functional groups attached to an aromatic ring is 1. The van der Waals surface area contributed by atoms with Gasteiger partial charge in [-0.05, 0) is 36.1 Å². The second-order valence-corrected chi connectivity index (χ2v) is 7.83. The third kappa shape index (κ3) is 2.39. The van der Waals surface area contributed by atoms with E-state index < -0.39 is 0 Å². The highest BCUT2D eigenvalue weighted by Crippen LogP contribution is 2.52. The highest BCUT2D eigenvalue weighted by atomic mass is 32.2. The number of benzene rings is 1. The average molecular weight is 311 g/mol. The van der Waals surface area contributed by atoms with Gasteiger partial charge >= 0.3 is 0 Å². The standard InChI is InChI=1S/C18H17NS2/c19-14-9-5-11-16-18(14)21-17-13(8-4-10-15(17)20-16)12-6-2-1-3-7-12/h1-2,4-6,8-11,15,17H,3,7,19H2. The van der Waals surface area contributed by atoms with E-state index in [0.717, 1.165) is 18.5 Å². The van der Waals surface area contributed by atoms with Crippen LogP contribution in [0, 0.1) is 0 Å². The van der Waals surface area contributed by atoms with E-state index in [1.165, 1.54) is 20.9 Å². The first-order valence-corrected chi connectivity index (χ1v) is 9.05. The van der Waals surface area contributed by atoms with Crippen molar-refractivity contribution in [3.8, 4) is 0 Å². The number of allylic oxidation sites excluding steroid dienone is 6. The second-order valence-electron chi connectivity index (χ2n) is 5.46. The number of fused-ring (bicyclic) bond motifs is 2. The van der Waals surface area contributed by atoms with Crippen molar-refractivity contribution >= 4 is 29.2 Å². The van der Waals surface area contributed by atoms with Gasteiger partial charge in [-0.3, -0.25) is 0 Å². The maximum absolute atomic E-state index is 6.19. The van der Waals surface area contributed by atoms with Crippen LogP contribution in [0.1, 0.15) is 12.8 Å². The number of thioether (sulfide) groups is 2. The van der Waals surface area contributed by atoms with Crippen molar-refractivity contribution < 1.29 is 0 Å². The Morgan fingerprint density at radius 3 is 2.90 bits per heavy atom. The van der Waals surface area contributed by atoms with Crippen molar-refractivity contribution in [3.05, 3.63) is 65.8 Å². The monoisotopic (exact) mass is 311 g/mol. The van der Waals surface area contributed by atoms with Gasteiger partial charge in [0, 0.05) is 20.7 Å². The maximum atomic E-state index is 6.19. The van der Waals surface area contributed by atoms with Crippen molar-refractivity contribution in [2.24, 2.45) is 0 Å². The summed E-state index contributed by atoms with van der Waals surface area (Å²) in [5.41, 5.74) is 10.1. The molecule has 1 aromatic rings. The highest BCUT2D eigenvalue weighted by Gasteiger charge is 2.34. The first-order valence-electron chi connectivity index (χ1n) is 7.29. The Morgan fingerprint density at radius 2 is 2.05 bits per heavy atom. The van der Waals surface area contributed by atoms with Crippen LogP contribution in [-0.4, -0.2) is 10.5 Å². The fourth-order valence-corrected chi connectivity index (χ4v) is 5.99. The fourth-order valence-electron chi connectivity index (χ4n) is 3.03. The molecule has 1 aromatic carbocycles. The van der Waals surface area contributed by atoms with E-state index in [0.29, 0.717) is 10.5 Å². The first kappa shape index (κ1) is 13.4. The molecule has 0 amide bonds. The van der Waals surface area contributed by atoms with Crippen molar-refractivity contribution in [2.75, 3.05) is 5.73 Å². The number of nitrogens with two attached hydrogens (primary N) is 1. The smallest absolute Gasteiger partial charge is 0.0505 e. The molecule has 4 rings (SSSR count). The van der Waals surface area contributed by atoms with Crippen molar-refractivity contribution in [3.63, 3.8) is 0 Å². The fraction of sp³-hybridized carbons (Fsp3) is 0.222. The molecule has 106 valence electrons. The summed E-state index contributed by atoms with van der Waals surface area (Å²) in [4.78, 5) is 2.58. The van der Waals surface area contributed by atoms with E-state index in [4.69, 9.17) is 5.73 Å². The van der Waals surface area contributed by atoms with Crippen molar-refractivity contribution in [1.82, 2.24) is 0 Å². The van der Waals surface area contributed by atoms with E-state index in [1.54, 1.807) is 0 Å². The highest BCUT2D eigenvalue weighted by molar-refractivity contribution is 8.06. The summed E-state index contributed by atoms with van der Waals surface area (Å²) in [5.74, 6) is 0. The Hall–Kier alpha value is -1.32. The summed E-state index contributed by atoms with van der Waals surface area (Å²) < 4.78 is 0. The van der Waals surface area contributed by atoms with Crippen LogP contribution in [0.25, 0.3) is 0 Å². The lowest BCUT2D eigenvalue weighted by atomic mass is 9.91. The van der Waals surface area contributed by atoms with Crippen LogP contribution in [0.2, 0.25) is 0 Å². The number of hydrogen-bond donors (Lipinski definition) is 1. The number of hydrogen-bond acceptors (Lipinski definition) is 3. The van der Waals surface area contributed by atoms with Gasteiger partial charge in [0.15, 0.2) is 0 Å². The molecule has 3 aliphatic rings. The van der Waals surface area contributed by atoms with Gasteiger partial charge in [-0.2, -0.15) is 0 Å². The predicted octanol–water partition coefficient (Wildman–Crippen LogP) is 4.98. The lowest BCUT2D eigenvalue weighted by molar-refractivity contribution is 0.908. The molecule has 0 saturated heterocycles. The zero-order valence-corrected chi connectivity index (χ0v) is 13.3.